The van der Waals surface area contributed by atoms with Gasteiger partial charge in [-0.1, -0.05) is 30.3 Å². The van der Waals surface area contributed by atoms with Crippen molar-refractivity contribution in [3.63, 3.8) is 0 Å². The van der Waals surface area contributed by atoms with Crippen LogP contribution in [0.3, 0.4) is 0 Å². The molecule has 0 amide bonds. The van der Waals surface area contributed by atoms with E-state index < -0.39 is 6.10 Å². The molecule has 0 aromatic heterocycles. The lowest BCUT2D eigenvalue weighted by atomic mass is 9.98. The number of benzene rings is 2. The van der Waals surface area contributed by atoms with Crippen LogP contribution in [0.2, 0.25) is 0 Å². The summed E-state index contributed by atoms with van der Waals surface area (Å²) in [4.78, 5) is 2.28. The summed E-state index contributed by atoms with van der Waals surface area (Å²) in [5, 5.41) is 10.4. The van der Waals surface area contributed by atoms with Gasteiger partial charge in [-0.3, -0.25) is 4.90 Å². The van der Waals surface area contributed by atoms with Crippen molar-refractivity contribution in [3.05, 3.63) is 59.2 Å². The average molecular weight is 313 g/mol. The number of nitrogens with zero attached hydrogens (tertiary/aromatic N) is 1. The molecule has 2 aromatic carbocycles. The first-order valence-corrected chi connectivity index (χ1v) is 7.90. The molecule has 0 spiro atoms. The molecule has 4 heteroatoms. The molecule has 1 N–H and O–H groups in total. The summed E-state index contributed by atoms with van der Waals surface area (Å²) in [6.45, 7) is 2.39. The number of methoxy groups -OCH3 is 2. The quantitative estimate of drug-likeness (QED) is 0.922. The van der Waals surface area contributed by atoms with Crippen LogP contribution in [-0.2, 0) is 13.0 Å². The Hall–Kier alpha value is -2.04. The van der Waals surface area contributed by atoms with Gasteiger partial charge >= 0.3 is 0 Å². The summed E-state index contributed by atoms with van der Waals surface area (Å²) in [5.41, 5.74) is 3.51. The van der Waals surface area contributed by atoms with Crippen LogP contribution in [0.25, 0.3) is 0 Å². The molecular formula is C19H23NO3. The number of hydrogen-bond acceptors (Lipinski definition) is 4. The summed E-state index contributed by atoms with van der Waals surface area (Å²) in [5.74, 6) is 1.54. The van der Waals surface area contributed by atoms with E-state index in [0.29, 0.717) is 6.54 Å². The van der Waals surface area contributed by atoms with Gasteiger partial charge in [-0.25, -0.2) is 0 Å². The van der Waals surface area contributed by atoms with E-state index in [0.717, 1.165) is 36.6 Å². The van der Waals surface area contributed by atoms with Gasteiger partial charge in [0.1, 0.15) is 0 Å². The van der Waals surface area contributed by atoms with E-state index in [-0.39, 0.29) is 0 Å². The van der Waals surface area contributed by atoms with Crippen LogP contribution < -0.4 is 9.47 Å². The lowest BCUT2D eigenvalue weighted by Gasteiger charge is -2.31. The van der Waals surface area contributed by atoms with Gasteiger partial charge in [-0.2, -0.15) is 0 Å². The molecule has 1 aliphatic heterocycles. The number of hydrogen-bond donors (Lipinski definition) is 1. The van der Waals surface area contributed by atoms with Crippen molar-refractivity contribution < 1.29 is 14.6 Å². The lowest BCUT2D eigenvalue weighted by molar-refractivity contribution is 0.106. The van der Waals surface area contributed by atoms with E-state index in [1.807, 2.05) is 30.3 Å². The third-order valence-corrected chi connectivity index (χ3v) is 4.41. The highest BCUT2D eigenvalue weighted by Crippen LogP contribution is 2.33. The molecule has 2 aromatic rings. The van der Waals surface area contributed by atoms with E-state index in [2.05, 4.69) is 17.0 Å². The molecule has 3 rings (SSSR count). The number of aliphatic hydroxyl groups excluding tert-OH is 1. The third-order valence-electron chi connectivity index (χ3n) is 4.41. The molecule has 0 saturated heterocycles. The summed E-state index contributed by atoms with van der Waals surface area (Å²) in [7, 11) is 3.32. The smallest absolute Gasteiger partial charge is 0.161 e. The topological polar surface area (TPSA) is 41.9 Å². The van der Waals surface area contributed by atoms with Gasteiger partial charge in [0, 0.05) is 19.6 Å². The Bertz CT molecular complexity index is 657. The van der Waals surface area contributed by atoms with Crippen LogP contribution >= 0.6 is 0 Å². The van der Waals surface area contributed by atoms with Crippen LogP contribution in [0.1, 0.15) is 22.8 Å². The summed E-state index contributed by atoms with van der Waals surface area (Å²) in [6.07, 6.45) is 0.495. The van der Waals surface area contributed by atoms with Gasteiger partial charge in [-0.05, 0) is 35.2 Å². The highest BCUT2D eigenvalue weighted by molar-refractivity contribution is 5.48. The van der Waals surface area contributed by atoms with Crippen LogP contribution in [0.5, 0.6) is 11.5 Å². The molecule has 1 aliphatic rings. The molecule has 23 heavy (non-hydrogen) atoms. The molecule has 1 heterocycles. The Morgan fingerprint density at radius 3 is 2.35 bits per heavy atom. The Morgan fingerprint density at radius 2 is 1.70 bits per heavy atom. The number of β-amino-alcohol motifs (C(OH)–C–C–N with tert-alkyl or cyclic N) is 1. The normalized spacial score (nSPS) is 15.8. The van der Waals surface area contributed by atoms with Gasteiger partial charge in [0.2, 0.25) is 0 Å². The predicted octanol–water partition coefficient (Wildman–Crippen LogP) is 2.80. The fourth-order valence-electron chi connectivity index (χ4n) is 3.12. The van der Waals surface area contributed by atoms with E-state index >= 15 is 0 Å². The highest BCUT2D eigenvalue weighted by Gasteiger charge is 2.21. The summed E-state index contributed by atoms with van der Waals surface area (Å²) >= 11 is 0. The zero-order valence-corrected chi connectivity index (χ0v) is 13.7. The molecule has 0 fully saturated rings. The second-order valence-electron chi connectivity index (χ2n) is 5.89. The molecule has 4 nitrogen and oxygen atoms in total. The van der Waals surface area contributed by atoms with Crippen LogP contribution in [0.15, 0.2) is 42.5 Å². The molecule has 0 aliphatic carbocycles. The van der Waals surface area contributed by atoms with Gasteiger partial charge in [0.15, 0.2) is 11.5 Å². The molecule has 0 unspecified atom stereocenters. The van der Waals surface area contributed by atoms with E-state index in [1.165, 1.54) is 11.1 Å². The summed E-state index contributed by atoms with van der Waals surface area (Å²) in [6, 6.07) is 13.9. The van der Waals surface area contributed by atoms with Crippen LogP contribution in [0.4, 0.5) is 0 Å². The minimum Gasteiger partial charge on any atom is -0.493 e. The maximum atomic E-state index is 10.4. The van der Waals surface area contributed by atoms with Gasteiger partial charge in [0.05, 0.1) is 20.3 Å². The number of fused-ring (bicyclic) bond motifs is 1. The zero-order chi connectivity index (χ0) is 16.2. The van der Waals surface area contributed by atoms with E-state index in [1.54, 1.807) is 14.2 Å². The van der Waals surface area contributed by atoms with Gasteiger partial charge in [-0.15, -0.1) is 0 Å². The van der Waals surface area contributed by atoms with Gasteiger partial charge < -0.3 is 14.6 Å². The monoisotopic (exact) mass is 313 g/mol. The Kier molecular flexibility index (Phi) is 4.84. The van der Waals surface area contributed by atoms with Crippen LogP contribution in [0, 0.1) is 0 Å². The minimum atomic E-state index is -0.460. The molecule has 0 bridgehead atoms. The maximum Gasteiger partial charge on any atom is 0.161 e. The molecule has 0 saturated carbocycles. The fraction of sp³-hybridized carbons (Fsp3) is 0.368. The zero-order valence-electron chi connectivity index (χ0n) is 13.7. The van der Waals surface area contributed by atoms with Crippen molar-refractivity contribution in [2.24, 2.45) is 0 Å². The molecule has 0 radical (unpaired) electrons. The first-order valence-electron chi connectivity index (χ1n) is 7.90. The van der Waals surface area contributed by atoms with Crippen LogP contribution in [-0.4, -0.2) is 37.3 Å². The van der Waals surface area contributed by atoms with E-state index in [4.69, 9.17) is 9.47 Å². The Labute approximate surface area is 137 Å². The lowest BCUT2D eigenvalue weighted by Crippen LogP contribution is -2.34. The number of ether oxygens (including phenoxy) is 2. The highest BCUT2D eigenvalue weighted by atomic mass is 16.5. The van der Waals surface area contributed by atoms with Crippen molar-refractivity contribution in [2.75, 3.05) is 27.3 Å². The largest absolute Gasteiger partial charge is 0.493 e. The Morgan fingerprint density at radius 1 is 1.04 bits per heavy atom. The maximum absolute atomic E-state index is 10.4. The van der Waals surface area contributed by atoms with E-state index in [9.17, 15) is 5.11 Å². The first kappa shape index (κ1) is 15.8. The minimum absolute atomic E-state index is 0.460. The number of aliphatic hydroxyl groups is 1. The first-order chi connectivity index (χ1) is 11.2. The molecular weight excluding hydrogens is 290 g/mol. The predicted molar refractivity (Wildman–Crippen MR) is 89.9 cm³/mol. The van der Waals surface area contributed by atoms with Crippen molar-refractivity contribution in [3.8, 4) is 11.5 Å². The molecule has 122 valence electrons. The average Bonchev–Trinajstić information content (AvgIpc) is 2.61. The molecule has 1 atom stereocenters. The van der Waals surface area contributed by atoms with Crippen molar-refractivity contribution in [2.45, 2.75) is 19.1 Å². The number of rotatable bonds is 5. The third kappa shape index (κ3) is 3.49. The fourth-order valence-corrected chi connectivity index (χ4v) is 3.12. The summed E-state index contributed by atoms with van der Waals surface area (Å²) < 4.78 is 10.8. The van der Waals surface area contributed by atoms with Crippen molar-refractivity contribution in [1.82, 2.24) is 4.90 Å². The van der Waals surface area contributed by atoms with Gasteiger partial charge in [0.25, 0.3) is 0 Å². The standard InChI is InChI=1S/C19H23NO3/c1-22-18-10-15-8-9-20(12-16(15)11-19(18)23-2)13-17(21)14-6-4-3-5-7-14/h3-7,10-11,17,21H,8-9,12-13H2,1-2H3/t17-/m1/s1. The second-order valence-corrected chi connectivity index (χ2v) is 5.89. The Balaban J connectivity index is 1.72. The van der Waals surface area contributed by atoms with Crippen molar-refractivity contribution in [1.29, 1.82) is 0 Å². The van der Waals surface area contributed by atoms with Crippen molar-refractivity contribution >= 4 is 0 Å². The second kappa shape index (κ2) is 7.02. The SMILES string of the molecule is COc1cc2c(cc1OC)CN(C[C@@H](O)c1ccccc1)CC2.